The van der Waals surface area contributed by atoms with Gasteiger partial charge in [-0.05, 0) is 35.3 Å². The van der Waals surface area contributed by atoms with Gasteiger partial charge in [-0.1, -0.05) is 48.5 Å². The highest BCUT2D eigenvalue weighted by Crippen LogP contribution is 2.45. The van der Waals surface area contributed by atoms with Gasteiger partial charge in [0.2, 0.25) is 0 Å². The fourth-order valence-corrected chi connectivity index (χ4v) is 5.00. The van der Waals surface area contributed by atoms with Crippen molar-refractivity contribution in [3.63, 3.8) is 0 Å². The Bertz CT molecular complexity index is 940. The van der Waals surface area contributed by atoms with Gasteiger partial charge in [-0.3, -0.25) is 4.90 Å². The number of hydrogen-bond donors (Lipinski definition) is 2. The summed E-state index contributed by atoms with van der Waals surface area (Å²) in [6.45, 7) is 1.47. The molecule has 2 heterocycles. The number of hydrogen-bond acceptors (Lipinski definition) is 5. The van der Waals surface area contributed by atoms with Crippen LogP contribution in [0.1, 0.15) is 29.9 Å². The van der Waals surface area contributed by atoms with E-state index in [1.165, 1.54) is 4.90 Å². The van der Waals surface area contributed by atoms with Crippen molar-refractivity contribution >= 4 is 12.1 Å². The second-order valence-electron chi connectivity index (χ2n) is 8.04. The Morgan fingerprint density at radius 3 is 2.27 bits per heavy atom. The molecule has 156 valence electrons. The van der Waals surface area contributed by atoms with E-state index in [0.717, 1.165) is 22.3 Å². The largest absolute Gasteiger partial charge is 0.480 e. The molecule has 2 N–H and O–H groups in total. The summed E-state index contributed by atoms with van der Waals surface area (Å²) in [4.78, 5) is 26.3. The number of ether oxygens (including phenoxy) is 2. The summed E-state index contributed by atoms with van der Waals surface area (Å²) in [5.41, 5.74) is 3.64. The minimum absolute atomic E-state index is 0.0144. The molecule has 2 aliphatic heterocycles. The van der Waals surface area contributed by atoms with Gasteiger partial charge in [0.25, 0.3) is 0 Å². The quantitative estimate of drug-likeness (QED) is 0.812. The lowest BCUT2D eigenvalue weighted by atomic mass is 9.98. The Morgan fingerprint density at radius 2 is 1.67 bits per heavy atom. The Morgan fingerprint density at radius 1 is 1.07 bits per heavy atom. The van der Waals surface area contributed by atoms with E-state index in [4.69, 9.17) is 9.47 Å². The molecule has 5 rings (SSSR count). The monoisotopic (exact) mass is 408 g/mol. The van der Waals surface area contributed by atoms with Crippen LogP contribution in [0.5, 0.6) is 0 Å². The van der Waals surface area contributed by atoms with Crippen molar-refractivity contribution in [3.05, 3.63) is 59.7 Å². The number of carboxylic acids is 1. The molecule has 1 spiro atoms. The topological polar surface area (TPSA) is 88.1 Å². The summed E-state index contributed by atoms with van der Waals surface area (Å²) in [5, 5.41) is 12.9. The molecule has 30 heavy (non-hydrogen) atoms. The number of rotatable bonds is 3. The first-order chi connectivity index (χ1) is 14.6. The molecule has 1 amide bonds. The van der Waals surface area contributed by atoms with Gasteiger partial charge in [0.1, 0.15) is 12.3 Å². The zero-order chi connectivity index (χ0) is 20.7. The van der Waals surface area contributed by atoms with Gasteiger partial charge in [-0.2, -0.15) is 0 Å². The second-order valence-corrected chi connectivity index (χ2v) is 8.04. The highest BCUT2D eigenvalue weighted by atomic mass is 16.6. The van der Waals surface area contributed by atoms with Crippen LogP contribution < -0.4 is 5.32 Å². The van der Waals surface area contributed by atoms with E-state index >= 15 is 0 Å². The van der Waals surface area contributed by atoms with Crippen LogP contribution in [0.15, 0.2) is 48.5 Å². The molecule has 0 radical (unpaired) electrons. The second kappa shape index (κ2) is 7.41. The van der Waals surface area contributed by atoms with Gasteiger partial charge in [0.15, 0.2) is 6.04 Å². The number of nitrogens with one attached hydrogen (secondary N) is 1. The number of amides is 1. The van der Waals surface area contributed by atoms with Crippen molar-refractivity contribution in [2.75, 3.05) is 26.3 Å². The summed E-state index contributed by atoms with van der Waals surface area (Å²) < 4.78 is 11.6. The fraction of sp³-hybridized carbons (Fsp3) is 0.391. The maximum Gasteiger partial charge on any atom is 0.412 e. The molecular weight excluding hydrogens is 384 g/mol. The maximum absolute atomic E-state index is 13.2. The van der Waals surface area contributed by atoms with Crippen LogP contribution in [-0.2, 0) is 14.3 Å². The lowest BCUT2D eigenvalue weighted by Gasteiger charge is -2.40. The van der Waals surface area contributed by atoms with Crippen LogP contribution in [0.3, 0.4) is 0 Å². The van der Waals surface area contributed by atoms with Crippen LogP contribution in [0.25, 0.3) is 11.1 Å². The minimum atomic E-state index is -1.07. The van der Waals surface area contributed by atoms with E-state index in [1.807, 2.05) is 24.3 Å². The molecule has 3 aliphatic rings. The van der Waals surface area contributed by atoms with E-state index < -0.39 is 23.8 Å². The van der Waals surface area contributed by atoms with Crippen molar-refractivity contribution in [1.82, 2.24) is 10.2 Å². The SMILES string of the molecule is O=C(O)C1COC2(CCNCC2)N1C(=O)OCC1c2ccccc2-c2ccccc21. The van der Waals surface area contributed by atoms with E-state index in [0.29, 0.717) is 25.9 Å². The van der Waals surface area contributed by atoms with E-state index in [1.54, 1.807) is 0 Å². The maximum atomic E-state index is 13.2. The molecule has 7 nitrogen and oxygen atoms in total. The fourth-order valence-electron chi connectivity index (χ4n) is 5.00. The molecule has 1 unspecified atom stereocenters. The third-order valence-corrected chi connectivity index (χ3v) is 6.46. The highest BCUT2D eigenvalue weighted by molar-refractivity contribution is 5.82. The first kappa shape index (κ1) is 19.1. The predicted molar refractivity (Wildman–Crippen MR) is 109 cm³/mol. The predicted octanol–water partition coefficient (Wildman–Crippen LogP) is 2.80. The third kappa shape index (κ3) is 2.97. The summed E-state index contributed by atoms with van der Waals surface area (Å²) in [5.74, 6) is -1.14. The molecule has 2 fully saturated rings. The normalized spacial score (nSPS) is 22.0. The molecule has 7 heteroatoms. The number of carbonyl (C=O) groups is 2. The zero-order valence-corrected chi connectivity index (χ0v) is 16.5. The van der Waals surface area contributed by atoms with Crippen molar-refractivity contribution in [1.29, 1.82) is 0 Å². The third-order valence-electron chi connectivity index (χ3n) is 6.46. The molecule has 1 aliphatic carbocycles. The Balaban J connectivity index is 1.39. The lowest BCUT2D eigenvalue weighted by Crippen LogP contribution is -2.57. The van der Waals surface area contributed by atoms with Crippen LogP contribution in [0.2, 0.25) is 0 Å². The molecule has 1 atom stereocenters. The van der Waals surface area contributed by atoms with E-state index in [2.05, 4.69) is 29.6 Å². The van der Waals surface area contributed by atoms with Crippen molar-refractivity contribution < 1.29 is 24.2 Å². The van der Waals surface area contributed by atoms with Crippen molar-refractivity contribution in [2.45, 2.75) is 30.5 Å². The molecule has 0 saturated carbocycles. The van der Waals surface area contributed by atoms with Gasteiger partial charge >= 0.3 is 12.1 Å². The molecular formula is C23H24N2O5. The van der Waals surface area contributed by atoms with Crippen LogP contribution in [0.4, 0.5) is 4.79 Å². The molecule has 2 aromatic rings. The summed E-state index contributed by atoms with van der Waals surface area (Å²) >= 11 is 0. The first-order valence-corrected chi connectivity index (χ1v) is 10.3. The van der Waals surface area contributed by atoms with Gasteiger partial charge < -0.3 is 19.9 Å². The van der Waals surface area contributed by atoms with Gasteiger partial charge in [0, 0.05) is 18.8 Å². The highest BCUT2D eigenvalue weighted by Gasteiger charge is 2.54. The smallest absolute Gasteiger partial charge is 0.412 e. The average Bonchev–Trinajstić information content (AvgIpc) is 3.29. The Labute approximate surface area is 174 Å². The summed E-state index contributed by atoms with van der Waals surface area (Å²) in [6.07, 6.45) is 0.464. The molecule has 0 bridgehead atoms. The van der Waals surface area contributed by atoms with Crippen molar-refractivity contribution in [2.24, 2.45) is 0 Å². The van der Waals surface area contributed by atoms with Crippen LogP contribution >= 0.6 is 0 Å². The number of nitrogens with zero attached hydrogens (tertiary/aromatic N) is 1. The van der Waals surface area contributed by atoms with Crippen LogP contribution in [0, 0.1) is 0 Å². The Hall–Kier alpha value is -2.90. The molecule has 2 saturated heterocycles. The number of benzene rings is 2. The summed E-state index contributed by atoms with van der Waals surface area (Å²) in [6, 6.07) is 15.2. The van der Waals surface area contributed by atoms with E-state index in [9.17, 15) is 14.7 Å². The van der Waals surface area contributed by atoms with Crippen LogP contribution in [-0.4, -0.2) is 60.1 Å². The number of carboxylic acid groups (broad SMARTS) is 1. The van der Waals surface area contributed by atoms with E-state index in [-0.39, 0.29) is 19.1 Å². The average molecular weight is 408 g/mol. The van der Waals surface area contributed by atoms with Gasteiger partial charge in [0.05, 0.1) is 6.61 Å². The lowest BCUT2D eigenvalue weighted by molar-refractivity contribution is -0.144. The first-order valence-electron chi connectivity index (χ1n) is 10.3. The molecule has 0 aromatic heterocycles. The molecule has 2 aromatic carbocycles. The minimum Gasteiger partial charge on any atom is -0.480 e. The van der Waals surface area contributed by atoms with Gasteiger partial charge in [-0.15, -0.1) is 0 Å². The number of piperidine rings is 1. The number of fused-ring (bicyclic) bond motifs is 3. The number of aliphatic carboxylic acids is 1. The zero-order valence-electron chi connectivity index (χ0n) is 16.5. The van der Waals surface area contributed by atoms with Crippen molar-refractivity contribution in [3.8, 4) is 11.1 Å². The standard InChI is InChI=1S/C23H24N2O5/c26-21(27)20-14-30-23(9-11-24-12-10-23)25(20)22(28)29-13-19-17-7-3-1-5-15(17)16-6-2-4-8-18(16)19/h1-8,19-20,24H,9-14H2,(H,26,27). The summed E-state index contributed by atoms with van der Waals surface area (Å²) in [7, 11) is 0. The number of carbonyl (C=O) groups excluding carboxylic acids is 1. The Kier molecular flexibility index (Phi) is 4.72. The van der Waals surface area contributed by atoms with Gasteiger partial charge in [-0.25, -0.2) is 9.59 Å².